The lowest BCUT2D eigenvalue weighted by Gasteiger charge is -2.30. The number of urea groups is 1. The fourth-order valence-electron chi connectivity index (χ4n) is 2.65. The molecule has 0 aromatic heterocycles. The number of hydrogen-bond donors (Lipinski definition) is 1. The Labute approximate surface area is 133 Å². The molecule has 3 rings (SSSR count). The number of benzene rings is 2. The van der Waals surface area contributed by atoms with Gasteiger partial charge in [0.15, 0.2) is 0 Å². The van der Waals surface area contributed by atoms with E-state index in [0.29, 0.717) is 12.0 Å². The van der Waals surface area contributed by atoms with Crippen molar-refractivity contribution in [2.75, 3.05) is 6.54 Å². The molecule has 1 saturated heterocycles. The van der Waals surface area contributed by atoms with Crippen LogP contribution in [0.3, 0.4) is 0 Å². The quantitative estimate of drug-likeness (QED) is 0.880. The number of barbiturate groups is 1. The maximum Gasteiger partial charge on any atom is 0.330 e. The molecule has 1 fully saturated rings. The second kappa shape index (κ2) is 6.44. The van der Waals surface area contributed by atoms with Gasteiger partial charge in [-0.2, -0.15) is 0 Å². The molecular weight excluding hydrogens is 292 g/mol. The van der Waals surface area contributed by atoms with Gasteiger partial charge in [0, 0.05) is 6.54 Å². The van der Waals surface area contributed by atoms with E-state index >= 15 is 0 Å². The Bertz CT molecular complexity index is 728. The van der Waals surface area contributed by atoms with E-state index < -0.39 is 23.8 Å². The van der Waals surface area contributed by atoms with Gasteiger partial charge >= 0.3 is 6.03 Å². The predicted molar refractivity (Wildman–Crippen MR) is 84.6 cm³/mol. The summed E-state index contributed by atoms with van der Waals surface area (Å²) in [4.78, 5) is 37.8. The van der Waals surface area contributed by atoms with Crippen molar-refractivity contribution in [3.05, 3.63) is 71.8 Å². The summed E-state index contributed by atoms with van der Waals surface area (Å²) in [6.45, 7) is 0.241. The molecule has 1 unspecified atom stereocenters. The monoisotopic (exact) mass is 308 g/mol. The van der Waals surface area contributed by atoms with E-state index in [1.165, 1.54) is 0 Å². The van der Waals surface area contributed by atoms with Gasteiger partial charge in [0.1, 0.15) is 5.92 Å². The van der Waals surface area contributed by atoms with Crippen LogP contribution in [0.1, 0.15) is 17.0 Å². The van der Waals surface area contributed by atoms with Crippen LogP contribution in [0.15, 0.2) is 60.7 Å². The Kier molecular flexibility index (Phi) is 4.19. The van der Waals surface area contributed by atoms with Gasteiger partial charge in [-0.3, -0.25) is 19.8 Å². The van der Waals surface area contributed by atoms with Crippen LogP contribution in [0, 0.1) is 0 Å². The van der Waals surface area contributed by atoms with Crippen LogP contribution >= 0.6 is 0 Å². The number of imide groups is 2. The standard InChI is InChI=1S/C18H16N2O3/c21-16-15(14-9-5-2-6-10-14)17(22)20(18(23)19-16)12-11-13-7-3-1-4-8-13/h1-10,15H,11-12H2,(H,19,21,23). The van der Waals surface area contributed by atoms with Gasteiger partial charge in [-0.05, 0) is 17.5 Å². The van der Waals surface area contributed by atoms with E-state index in [-0.39, 0.29) is 6.54 Å². The lowest BCUT2D eigenvalue weighted by Crippen LogP contribution is -2.57. The van der Waals surface area contributed by atoms with Crippen molar-refractivity contribution in [3.8, 4) is 0 Å². The number of hydrogen-bond acceptors (Lipinski definition) is 3. The van der Waals surface area contributed by atoms with E-state index in [1.807, 2.05) is 36.4 Å². The second-order valence-electron chi connectivity index (χ2n) is 5.36. The van der Waals surface area contributed by atoms with Gasteiger partial charge in [-0.25, -0.2) is 4.79 Å². The van der Waals surface area contributed by atoms with Crippen LogP contribution < -0.4 is 5.32 Å². The number of nitrogens with zero attached hydrogens (tertiary/aromatic N) is 1. The zero-order chi connectivity index (χ0) is 16.2. The first kappa shape index (κ1) is 15.0. The van der Waals surface area contributed by atoms with Gasteiger partial charge in [0.2, 0.25) is 11.8 Å². The average molecular weight is 308 g/mol. The minimum atomic E-state index is -0.968. The molecule has 4 amide bonds. The van der Waals surface area contributed by atoms with Crippen LogP contribution in [0.25, 0.3) is 0 Å². The molecule has 0 bridgehead atoms. The molecule has 1 aliphatic heterocycles. The fraction of sp³-hybridized carbons (Fsp3) is 0.167. The van der Waals surface area contributed by atoms with Crippen LogP contribution in [-0.4, -0.2) is 29.3 Å². The highest BCUT2D eigenvalue weighted by Crippen LogP contribution is 2.22. The van der Waals surface area contributed by atoms with E-state index in [1.54, 1.807) is 24.3 Å². The molecule has 5 heteroatoms. The van der Waals surface area contributed by atoms with Crippen LogP contribution in [0.2, 0.25) is 0 Å². The molecule has 1 N–H and O–H groups in total. The molecule has 1 aliphatic rings. The molecule has 116 valence electrons. The number of nitrogens with one attached hydrogen (secondary N) is 1. The van der Waals surface area contributed by atoms with Crippen molar-refractivity contribution in [1.29, 1.82) is 0 Å². The molecule has 0 radical (unpaired) electrons. The number of carbonyl (C=O) groups excluding carboxylic acids is 3. The highest BCUT2D eigenvalue weighted by Gasteiger charge is 2.40. The first-order valence-corrected chi connectivity index (χ1v) is 7.42. The molecule has 2 aromatic rings. The van der Waals surface area contributed by atoms with Gasteiger partial charge in [-0.15, -0.1) is 0 Å². The molecule has 23 heavy (non-hydrogen) atoms. The van der Waals surface area contributed by atoms with Crippen LogP contribution in [-0.2, 0) is 16.0 Å². The summed E-state index contributed by atoms with van der Waals surface area (Å²) in [5, 5.41) is 2.27. The zero-order valence-electron chi connectivity index (χ0n) is 12.4. The first-order valence-electron chi connectivity index (χ1n) is 7.42. The predicted octanol–water partition coefficient (Wildman–Crippen LogP) is 2.09. The minimum absolute atomic E-state index is 0.241. The Balaban J connectivity index is 1.78. The van der Waals surface area contributed by atoms with Crippen molar-refractivity contribution in [2.45, 2.75) is 12.3 Å². The molecule has 0 spiro atoms. The zero-order valence-corrected chi connectivity index (χ0v) is 12.4. The highest BCUT2D eigenvalue weighted by molar-refractivity contribution is 6.19. The van der Waals surface area contributed by atoms with Gasteiger partial charge < -0.3 is 0 Å². The third-order valence-corrected chi connectivity index (χ3v) is 3.85. The minimum Gasteiger partial charge on any atom is -0.277 e. The molecule has 2 aromatic carbocycles. The molecule has 1 heterocycles. The lowest BCUT2D eigenvalue weighted by molar-refractivity contribution is -0.138. The van der Waals surface area contributed by atoms with Crippen LogP contribution in [0.4, 0.5) is 4.79 Å². The Morgan fingerprint density at radius 3 is 2.13 bits per heavy atom. The third kappa shape index (κ3) is 3.13. The third-order valence-electron chi connectivity index (χ3n) is 3.85. The fourth-order valence-corrected chi connectivity index (χ4v) is 2.65. The SMILES string of the molecule is O=C1NC(=O)N(CCc2ccccc2)C(=O)C1c1ccccc1. The van der Waals surface area contributed by atoms with Crippen molar-refractivity contribution < 1.29 is 14.4 Å². The Morgan fingerprint density at radius 1 is 0.870 bits per heavy atom. The molecule has 5 nitrogen and oxygen atoms in total. The smallest absolute Gasteiger partial charge is 0.277 e. The van der Waals surface area contributed by atoms with Gasteiger partial charge in [0.05, 0.1) is 0 Å². The summed E-state index contributed by atoms with van der Waals surface area (Å²) in [6, 6.07) is 17.7. The number of rotatable bonds is 4. The summed E-state index contributed by atoms with van der Waals surface area (Å²) < 4.78 is 0. The summed E-state index contributed by atoms with van der Waals surface area (Å²) >= 11 is 0. The van der Waals surface area contributed by atoms with E-state index in [0.717, 1.165) is 10.5 Å². The number of amides is 4. The number of carbonyl (C=O) groups is 3. The van der Waals surface area contributed by atoms with Gasteiger partial charge in [-0.1, -0.05) is 60.7 Å². The normalized spacial score (nSPS) is 18.0. The van der Waals surface area contributed by atoms with Crippen LogP contribution in [0.5, 0.6) is 0 Å². The molecule has 0 saturated carbocycles. The average Bonchev–Trinajstić information content (AvgIpc) is 2.56. The lowest BCUT2D eigenvalue weighted by atomic mass is 9.95. The summed E-state index contributed by atoms with van der Waals surface area (Å²) in [5.41, 5.74) is 1.62. The van der Waals surface area contributed by atoms with Crippen molar-refractivity contribution in [2.24, 2.45) is 0 Å². The summed E-state index contributed by atoms with van der Waals surface area (Å²) in [5.74, 6) is -2.01. The van der Waals surface area contributed by atoms with Crippen molar-refractivity contribution >= 4 is 17.8 Å². The molecule has 1 atom stereocenters. The Morgan fingerprint density at radius 2 is 1.48 bits per heavy atom. The largest absolute Gasteiger partial charge is 0.330 e. The topological polar surface area (TPSA) is 66.5 Å². The van der Waals surface area contributed by atoms with Crippen molar-refractivity contribution in [3.63, 3.8) is 0 Å². The maximum atomic E-state index is 12.6. The van der Waals surface area contributed by atoms with E-state index in [9.17, 15) is 14.4 Å². The highest BCUT2D eigenvalue weighted by atomic mass is 16.2. The first-order chi connectivity index (χ1) is 11.2. The Hall–Kier alpha value is -2.95. The second-order valence-corrected chi connectivity index (χ2v) is 5.36. The van der Waals surface area contributed by atoms with E-state index in [4.69, 9.17) is 0 Å². The summed E-state index contributed by atoms with van der Waals surface area (Å²) in [6.07, 6.45) is 0.551. The van der Waals surface area contributed by atoms with Gasteiger partial charge in [0.25, 0.3) is 0 Å². The molecular formula is C18H16N2O3. The maximum absolute atomic E-state index is 12.6. The summed E-state index contributed by atoms with van der Waals surface area (Å²) in [7, 11) is 0. The van der Waals surface area contributed by atoms with E-state index in [2.05, 4.69) is 5.32 Å². The molecule has 0 aliphatic carbocycles. The van der Waals surface area contributed by atoms with Crippen molar-refractivity contribution in [1.82, 2.24) is 10.2 Å².